The average molecular weight is 294 g/mol. The Bertz CT molecular complexity index is 459. The highest BCUT2D eigenvalue weighted by Crippen LogP contribution is 2.28. The number of ether oxygens (including phenoxy) is 1. The number of non-ortho nitro benzene ring substituents is 1. The molecule has 5 heteroatoms. The average Bonchev–Trinajstić information content (AvgIpc) is 2.46. The lowest BCUT2D eigenvalue weighted by molar-refractivity contribution is -0.384. The molecule has 1 atom stereocenters. The molecular weight excluding hydrogens is 268 g/mol. The lowest BCUT2D eigenvalue weighted by atomic mass is 9.95. The Morgan fingerprint density at radius 2 is 1.90 bits per heavy atom. The van der Waals surface area contributed by atoms with Gasteiger partial charge < -0.3 is 10.1 Å². The molecule has 1 aromatic rings. The lowest BCUT2D eigenvalue weighted by Crippen LogP contribution is -2.25. The molecule has 0 saturated heterocycles. The summed E-state index contributed by atoms with van der Waals surface area (Å²) in [6, 6.07) is 5.14. The summed E-state index contributed by atoms with van der Waals surface area (Å²) in [6.45, 7) is 9.00. The van der Waals surface area contributed by atoms with Crippen LogP contribution < -0.4 is 10.1 Å². The third-order valence-corrected chi connectivity index (χ3v) is 3.73. The lowest BCUT2D eigenvalue weighted by Gasteiger charge is -2.23. The van der Waals surface area contributed by atoms with Crippen LogP contribution in [-0.2, 0) is 0 Å². The van der Waals surface area contributed by atoms with E-state index in [0.29, 0.717) is 18.3 Å². The second-order valence-corrected chi connectivity index (χ2v) is 5.33. The molecule has 1 N–H and O–H groups in total. The van der Waals surface area contributed by atoms with Gasteiger partial charge in [-0.3, -0.25) is 10.1 Å². The highest BCUT2D eigenvalue weighted by Gasteiger charge is 2.16. The highest BCUT2D eigenvalue weighted by atomic mass is 16.6. The van der Waals surface area contributed by atoms with Crippen molar-refractivity contribution in [2.75, 3.05) is 11.9 Å². The first kappa shape index (κ1) is 17.3. The van der Waals surface area contributed by atoms with Crippen LogP contribution in [0.25, 0.3) is 0 Å². The van der Waals surface area contributed by atoms with Gasteiger partial charge in [0.1, 0.15) is 5.75 Å². The van der Waals surface area contributed by atoms with Crippen molar-refractivity contribution in [1.29, 1.82) is 0 Å². The minimum Gasteiger partial charge on any atom is -0.493 e. The molecule has 0 bridgehead atoms. The molecule has 0 heterocycles. The fourth-order valence-electron chi connectivity index (χ4n) is 2.45. The fraction of sp³-hybridized carbons (Fsp3) is 0.625. The predicted octanol–water partition coefficient (Wildman–Crippen LogP) is 4.62. The van der Waals surface area contributed by atoms with E-state index in [4.69, 9.17) is 4.74 Å². The molecule has 1 rings (SSSR count). The first-order valence-electron chi connectivity index (χ1n) is 7.70. The minimum atomic E-state index is -0.383. The number of nitrogens with zero attached hydrogens (tertiary/aromatic N) is 1. The molecule has 1 aromatic carbocycles. The van der Waals surface area contributed by atoms with Crippen molar-refractivity contribution in [2.45, 2.75) is 53.0 Å². The maximum Gasteiger partial charge on any atom is 0.275 e. The summed E-state index contributed by atoms with van der Waals surface area (Å²) in [4.78, 5) is 10.7. The number of rotatable bonds is 9. The number of anilines is 1. The number of nitro benzene ring substituents is 1. The quantitative estimate of drug-likeness (QED) is 0.533. The van der Waals surface area contributed by atoms with E-state index in [2.05, 4.69) is 26.1 Å². The van der Waals surface area contributed by atoms with Crippen molar-refractivity contribution in [3.05, 3.63) is 28.3 Å². The van der Waals surface area contributed by atoms with Crippen molar-refractivity contribution < 1.29 is 9.66 Å². The zero-order chi connectivity index (χ0) is 15.8. The van der Waals surface area contributed by atoms with E-state index in [1.807, 2.05) is 13.0 Å². The van der Waals surface area contributed by atoms with E-state index < -0.39 is 0 Å². The van der Waals surface area contributed by atoms with E-state index in [1.165, 1.54) is 6.07 Å². The Labute approximate surface area is 126 Å². The molecule has 0 aliphatic carbocycles. The predicted molar refractivity (Wildman–Crippen MR) is 86.0 cm³/mol. The molecule has 0 radical (unpaired) electrons. The molecule has 0 aromatic heterocycles. The first-order valence-corrected chi connectivity index (χ1v) is 7.70. The maximum atomic E-state index is 11.0. The Hall–Kier alpha value is -1.78. The summed E-state index contributed by atoms with van der Waals surface area (Å²) in [7, 11) is 0. The van der Waals surface area contributed by atoms with Gasteiger partial charge in [-0.05, 0) is 19.3 Å². The summed E-state index contributed by atoms with van der Waals surface area (Å²) >= 11 is 0. The van der Waals surface area contributed by atoms with Crippen molar-refractivity contribution in [3.8, 4) is 5.75 Å². The van der Waals surface area contributed by atoms with Crippen LogP contribution in [0.4, 0.5) is 11.4 Å². The molecular formula is C16H26N2O3. The SMILES string of the molecule is CCCOc1cc(NC(C)C(CC)CC)cc([N+](=O)[O-])c1. The van der Waals surface area contributed by atoms with Crippen molar-refractivity contribution in [1.82, 2.24) is 0 Å². The van der Waals surface area contributed by atoms with Gasteiger partial charge in [-0.1, -0.05) is 33.6 Å². The van der Waals surface area contributed by atoms with E-state index in [1.54, 1.807) is 6.07 Å². The monoisotopic (exact) mass is 294 g/mol. The van der Waals surface area contributed by atoms with E-state index in [9.17, 15) is 10.1 Å². The van der Waals surface area contributed by atoms with Crippen LogP contribution in [0.2, 0.25) is 0 Å². The molecule has 118 valence electrons. The zero-order valence-electron chi connectivity index (χ0n) is 13.4. The van der Waals surface area contributed by atoms with Gasteiger partial charge in [-0.2, -0.15) is 0 Å². The third-order valence-electron chi connectivity index (χ3n) is 3.73. The van der Waals surface area contributed by atoms with Gasteiger partial charge in [-0.25, -0.2) is 0 Å². The summed E-state index contributed by atoms with van der Waals surface area (Å²) in [6.07, 6.45) is 3.03. The second kappa shape index (κ2) is 8.49. The van der Waals surface area contributed by atoms with E-state index in [-0.39, 0.29) is 16.7 Å². The van der Waals surface area contributed by atoms with Gasteiger partial charge in [0.15, 0.2) is 0 Å². The highest BCUT2D eigenvalue weighted by molar-refractivity contribution is 5.56. The Morgan fingerprint density at radius 3 is 2.43 bits per heavy atom. The normalized spacial score (nSPS) is 12.2. The maximum absolute atomic E-state index is 11.0. The van der Waals surface area contributed by atoms with E-state index >= 15 is 0 Å². The van der Waals surface area contributed by atoms with Crippen LogP contribution in [-0.4, -0.2) is 17.6 Å². The molecule has 0 fully saturated rings. The largest absolute Gasteiger partial charge is 0.493 e. The Morgan fingerprint density at radius 1 is 1.24 bits per heavy atom. The molecule has 0 amide bonds. The number of hydrogen-bond donors (Lipinski definition) is 1. The van der Waals surface area contributed by atoms with Crippen molar-refractivity contribution in [3.63, 3.8) is 0 Å². The van der Waals surface area contributed by atoms with Crippen LogP contribution in [0.3, 0.4) is 0 Å². The second-order valence-electron chi connectivity index (χ2n) is 5.33. The van der Waals surface area contributed by atoms with Gasteiger partial charge in [0, 0.05) is 23.9 Å². The summed E-state index contributed by atoms with van der Waals surface area (Å²) in [5, 5.41) is 14.4. The topological polar surface area (TPSA) is 64.4 Å². The first-order chi connectivity index (χ1) is 10.0. The molecule has 1 unspecified atom stereocenters. The van der Waals surface area contributed by atoms with Gasteiger partial charge in [0.05, 0.1) is 17.6 Å². The number of hydrogen-bond acceptors (Lipinski definition) is 4. The number of benzene rings is 1. The molecule has 0 aliphatic rings. The molecule has 5 nitrogen and oxygen atoms in total. The fourth-order valence-corrected chi connectivity index (χ4v) is 2.45. The minimum absolute atomic E-state index is 0.0582. The zero-order valence-corrected chi connectivity index (χ0v) is 13.4. The van der Waals surface area contributed by atoms with Crippen LogP contribution in [0.5, 0.6) is 5.75 Å². The summed E-state index contributed by atoms with van der Waals surface area (Å²) in [5.74, 6) is 1.09. The Balaban J connectivity index is 2.94. The molecule has 0 aliphatic heterocycles. The van der Waals surface area contributed by atoms with E-state index in [0.717, 1.165) is 24.9 Å². The third kappa shape index (κ3) is 5.25. The van der Waals surface area contributed by atoms with Crippen LogP contribution in [0, 0.1) is 16.0 Å². The van der Waals surface area contributed by atoms with Gasteiger partial charge in [-0.15, -0.1) is 0 Å². The number of nitro groups is 1. The van der Waals surface area contributed by atoms with Crippen molar-refractivity contribution >= 4 is 11.4 Å². The van der Waals surface area contributed by atoms with Crippen LogP contribution in [0.15, 0.2) is 18.2 Å². The summed E-state index contributed by atoms with van der Waals surface area (Å²) in [5.41, 5.74) is 0.803. The van der Waals surface area contributed by atoms with Gasteiger partial charge >= 0.3 is 0 Å². The van der Waals surface area contributed by atoms with Crippen LogP contribution >= 0.6 is 0 Å². The van der Waals surface area contributed by atoms with Gasteiger partial charge in [0.25, 0.3) is 5.69 Å². The Kier molecular flexibility index (Phi) is 6.99. The molecule has 0 spiro atoms. The smallest absolute Gasteiger partial charge is 0.275 e. The summed E-state index contributed by atoms with van der Waals surface area (Å²) < 4.78 is 5.54. The molecule has 0 saturated carbocycles. The number of nitrogens with one attached hydrogen (secondary N) is 1. The van der Waals surface area contributed by atoms with Crippen LogP contribution in [0.1, 0.15) is 47.0 Å². The standard InChI is InChI=1S/C16H26N2O3/c1-5-8-21-16-10-14(9-15(11-16)18(19)20)17-12(4)13(6-2)7-3/h9-13,17H,5-8H2,1-4H3. The van der Waals surface area contributed by atoms with Gasteiger partial charge in [0.2, 0.25) is 0 Å². The van der Waals surface area contributed by atoms with Crippen molar-refractivity contribution in [2.24, 2.45) is 5.92 Å². The molecule has 21 heavy (non-hydrogen) atoms.